The molecule has 1 aliphatic heterocycles. The third-order valence-corrected chi connectivity index (χ3v) is 3.74. The number of epoxide rings is 1. The fraction of sp³-hybridized carbons (Fsp3) is 0.176. The van der Waals surface area contributed by atoms with Gasteiger partial charge in [-0.05, 0) is 6.07 Å². The summed E-state index contributed by atoms with van der Waals surface area (Å²) in [7, 11) is 0. The average Bonchev–Trinajstić information content (AvgIpc) is 3.34. The van der Waals surface area contributed by atoms with E-state index in [4.69, 9.17) is 9.47 Å². The van der Waals surface area contributed by atoms with Gasteiger partial charge in [-0.25, -0.2) is 0 Å². The Bertz CT molecular complexity index is 759. The number of benzene rings is 2. The van der Waals surface area contributed by atoms with Gasteiger partial charge in [-0.15, -0.1) is 0 Å². The molecule has 1 fully saturated rings. The highest BCUT2D eigenvalue weighted by molar-refractivity contribution is 6.29. The molecule has 4 heteroatoms. The lowest BCUT2D eigenvalue weighted by molar-refractivity contribution is 0.0975. The largest absolute Gasteiger partial charge is 0.490 e. The second kappa shape index (κ2) is 4.53. The van der Waals surface area contributed by atoms with E-state index in [2.05, 4.69) is 0 Å². The number of fused-ring (bicyclic) bond motifs is 2. The van der Waals surface area contributed by atoms with Gasteiger partial charge >= 0.3 is 0 Å². The van der Waals surface area contributed by atoms with Gasteiger partial charge in [0.2, 0.25) is 0 Å². The average molecular weight is 280 g/mol. The molecule has 1 unspecified atom stereocenters. The third-order valence-electron chi connectivity index (χ3n) is 3.74. The van der Waals surface area contributed by atoms with E-state index in [0.717, 1.165) is 0 Å². The predicted octanol–water partition coefficient (Wildman–Crippen LogP) is 2.24. The summed E-state index contributed by atoms with van der Waals surface area (Å²) in [5, 5.41) is 0. The lowest BCUT2D eigenvalue weighted by atomic mass is 9.83. The Morgan fingerprint density at radius 1 is 0.952 bits per heavy atom. The van der Waals surface area contributed by atoms with E-state index < -0.39 is 0 Å². The number of carbonyl (C=O) groups is 2. The minimum absolute atomic E-state index is 0.0996. The normalized spacial score (nSPS) is 19.0. The van der Waals surface area contributed by atoms with Crippen molar-refractivity contribution in [3.05, 3.63) is 64.7 Å². The van der Waals surface area contributed by atoms with E-state index in [1.54, 1.807) is 42.5 Å². The molecule has 0 radical (unpaired) electrons. The van der Waals surface area contributed by atoms with Gasteiger partial charge in [-0.2, -0.15) is 0 Å². The molecule has 104 valence electrons. The quantitative estimate of drug-likeness (QED) is 0.690. The molecule has 0 amide bonds. The van der Waals surface area contributed by atoms with Crippen LogP contribution < -0.4 is 4.74 Å². The van der Waals surface area contributed by atoms with E-state index in [9.17, 15) is 9.59 Å². The van der Waals surface area contributed by atoms with Crippen molar-refractivity contribution in [3.63, 3.8) is 0 Å². The fourth-order valence-corrected chi connectivity index (χ4v) is 2.58. The van der Waals surface area contributed by atoms with Gasteiger partial charge in [0.15, 0.2) is 11.6 Å². The van der Waals surface area contributed by atoms with Crippen molar-refractivity contribution in [2.45, 2.75) is 6.10 Å². The maximum Gasteiger partial charge on any atom is 0.198 e. The Hall–Kier alpha value is -2.46. The smallest absolute Gasteiger partial charge is 0.198 e. The highest BCUT2D eigenvalue weighted by Crippen LogP contribution is 2.33. The number of ether oxygens (including phenoxy) is 2. The molecule has 0 aromatic heterocycles. The highest BCUT2D eigenvalue weighted by Gasteiger charge is 2.32. The first kappa shape index (κ1) is 12.3. The van der Waals surface area contributed by atoms with Crippen LogP contribution in [0.4, 0.5) is 0 Å². The summed E-state index contributed by atoms with van der Waals surface area (Å²) in [6.07, 6.45) is 0.0996. The van der Waals surface area contributed by atoms with Gasteiger partial charge in [0, 0.05) is 16.7 Å². The van der Waals surface area contributed by atoms with Gasteiger partial charge in [-0.1, -0.05) is 36.4 Å². The maximum atomic E-state index is 12.7. The third kappa shape index (κ3) is 1.96. The van der Waals surface area contributed by atoms with E-state index in [0.29, 0.717) is 41.2 Å². The molecule has 1 aliphatic carbocycles. The van der Waals surface area contributed by atoms with Crippen molar-refractivity contribution in [2.24, 2.45) is 0 Å². The SMILES string of the molecule is O=C1c2ccccc2C(=O)c2c(OCC3CO3)cccc21. The van der Waals surface area contributed by atoms with Gasteiger partial charge in [0.1, 0.15) is 18.5 Å². The van der Waals surface area contributed by atoms with Crippen LogP contribution in [0.25, 0.3) is 0 Å². The van der Waals surface area contributed by atoms with E-state index in [-0.39, 0.29) is 17.7 Å². The molecule has 2 aromatic rings. The Balaban J connectivity index is 1.81. The van der Waals surface area contributed by atoms with Gasteiger partial charge in [0.25, 0.3) is 0 Å². The van der Waals surface area contributed by atoms with Crippen LogP contribution in [0, 0.1) is 0 Å². The van der Waals surface area contributed by atoms with Gasteiger partial charge < -0.3 is 9.47 Å². The minimum Gasteiger partial charge on any atom is -0.490 e. The molecule has 0 spiro atoms. The molecule has 2 aromatic carbocycles. The topological polar surface area (TPSA) is 55.9 Å². The van der Waals surface area contributed by atoms with Crippen LogP contribution in [-0.2, 0) is 4.74 Å². The van der Waals surface area contributed by atoms with Crippen LogP contribution in [0.15, 0.2) is 42.5 Å². The molecule has 21 heavy (non-hydrogen) atoms. The number of ketones is 2. The molecular weight excluding hydrogens is 268 g/mol. The van der Waals surface area contributed by atoms with Crippen molar-refractivity contribution in [1.29, 1.82) is 0 Å². The lowest BCUT2D eigenvalue weighted by Gasteiger charge is -2.19. The van der Waals surface area contributed by atoms with Crippen molar-refractivity contribution in [1.82, 2.24) is 0 Å². The zero-order valence-corrected chi connectivity index (χ0v) is 11.2. The fourth-order valence-electron chi connectivity index (χ4n) is 2.58. The molecule has 0 bridgehead atoms. The van der Waals surface area contributed by atoms with E-state index in [1.165, 1.54) is 0 Å². The number of carbonyl (C=O) groups excluding carboxylic acids is 2. The zero-order chi connectivity index (χ0) is 14.4. The van der Waals surface area contributed by atoms with Gasteiger partial charge in [-0.3, -0.25) is 9.59 Å². The monoisotopic (exact) mass is 280 g/mol. The summed E-state index contributed by atoms with van der Waals surface area (Å²) in [6, 6.07) is 12.0. The first-order valence-corrected chi connectivity index (χ1v) is 6.81. The molecule has 2 aliphatic rings. The Labute approximate surface area is 121 Å². The van der Waals surface area contributed by atoms with Crippen LogP contribution in [-0.4, -0.2) is 30.9 Å². The van der Waals surface area contributed by atoms with Crippen LogP contribution in [0.3, 0.4) is 0 Å². The van der Waals surface area contributed by atoms with Crippen molar-refractivity contribution >= 4 is 11.6 Å². The first-order valence-electron chi connectivity index (χ1n) is 6.81. The lowest BCUT2D eigenvalue weighted by Crippen LogP contribution is -2.22. The van der Waals surface area contributed by atoms with Crippen LogP contribution in [0.2, 0.25) is 0 Å². The van der Waals surface area contributed by atoms with Crippen molar-refractivity contribution < 1.29 is 19.1 Å². The van der Waals surface area contributed by atoms with Gasteiger partial charge in [0.05, 0.1) is 12.2 Å². The van der Waals surface area contributed by atoms with E-state index >= 15 is 0 Å². The summed E-state index contributed by atoms with van der Waals surface area (Å²) in [6.45, 7) is 1.09. The molecule has 1 atom stereocenters. The molecule has 0 N–H and O–H groups in total. The maximum absolute atomic E-state index is 12.7. The second-order valence-corrected chi connectivity index (χ2v) is 5.15. The number of rotatable bonds is 3. The van der Waals surface area contributed by atoms with E-state index in [1.807, 2.05) is 0 Å². The van der Waals surface area contributed by atoms with Crippen molar-refractivity contribution in [2.75, 3.05) is 13.2 Å². The standard InChI is InChI=1S/C17H12O4/c18-16-11-4-1-2-5-12(11)17(19)15-13(16)6-3-7-14(15)21-9-10-8-20-10/h1-7,10H,8-9H2. The predicted molar refractivity (Wildman–Crippen MR) is 75.0 cm³/mol. The summed E-state index contributed by atoms with van der Waals surface area (Å²) in [5.74, 6) is 0.164. The molecular formula is C17H12O4. The van der Waals surface area contributed by atoms with Crippen LogP contribution in [0.1, 0.15) is 31.8 Å². The molecule has 4 rings (SSSR count). The summed E-state index contributed by atoms with van der Waals surface area (Å²) >= 11 is 0. The molecule has 1 saturated heterocycles. The van der Waals surface area contributed by atoms with Crippen molar-refractivity contribution in [3.8, 4) is 5.75 Å². The zero-order valence-electron chi connectivity index (χ0n) is 11.2. The highest BCUT2D eigenvalue weighted by atomic mass is 16.6. The minimum atomic E-state index is -0.160. The summed E-state index contributed by atoms with van der Waals surface area (Å²) in [4.78, 5) is 25.2. The number of hydrogen-bond acceptors (Lipinski definition) is 4. The number of hydrogen-bond donors (Lipinski definition) is 0. The Kier molecular flexibility index (Phi) is 2.65. The summed E-state index contributed by atoms with van der Waals surface area (Å²) in [5.41, 5.74) is 1.67. The second-order valence-electron chi connectivity index (χ2n) is 5.15. The molecule has 4 nitrogen and oxygen atoms in total. The van der Waals surface area contributed by atoms with Crippen LogP contribution in [0.5, 0.6) is 5.75 Å². The first-order chi connectivity index (χ1) is 10.3. The Morgan fingerprint density at radius 2 is 1.62 bits per heavy atom. The Morgan fingerprint density at radius 3 is 2.33 bits per heavy atom. The van der Waals surface area contributed by atoms with Crippen LogP contribution >= 0.6 is 0 Å². The molecule has 1 heterocycles. The molecule has 0 saturated carbocycles. The summed E-state index contributed by atoms with van der Waals surface area (Å²) < 4.78 is 10.8.